The third-order valence-electron chi connectivity index (χ3n) is 4.39. The number of nitrogens with zero attached hydrogens (tertiary/aromatic N) is 2. The molecule has 0 unspecified atom stereocenters. The van der Waals surface area contributed by atoms with Crippen LogP contribution in [0.25, 0.3) is 22.8 Å². The van der Waals surface area contributed by atoms with Gasteiger partial charge in [0.1, 0.15) is 5.75 Å². The number of hydrogen-bond donors (Lipinski definition) is 0. The van der Waals surface area contributed by atoms with E-state index in [1.165, 1.54) is 0 Å². The minimum atomic E-state index is -0.0172. The molecule has 3 rings (SSSR count). The highest BCUT2D eigenvalue weighted by molar-refractivity contribution is 6.00. The van der Waals surface area contributed by atoms with Crippen molar-refractivity contribution in [3.05, 3.63) is 60.3 Å². The first-order chi connectivity index (χ1) is 13.2. The third kappa shape index (κ3) is 4.03. The molecule has 0 spiro atoms. The fourth-order valence-corrected chi connectivity index (χ4v) is 2.95. The molecule has 0 radical (unpaired) electrons. The average Bonchev–Trinajstić information content (AvgIpc) is 3.20. The zero-order valence-electron chi connectivity index (χ0n) is 15.9. The largest absolute Gasteiger partial charge is 0.494 e. The number of amides is 1. The third-order valence-corrected chi connectivity index (χ3v) is 4.39. The summed E-state index contributed by atoms with van der Waals surface area (Å²) in [6, 6.07) is 15.1. The van der Waals surface area contributed by atoms with Crippen molar-refractivity contribution in [1.82, 2.24) is 9.88 Å². The van der Waals surface area contributed by atoms with E-state index in [0.717, 1.165) is 11.3 Å². The lowest BCUT2D eigenvalue weighted by Crippen LogP contribution is -2.30. The maximum absolute atomic E-state index is 12.8. The van der Waals surface area contributed by atoms with Crippen molar-refractivity contribution >= 4 is 5.91 Å². The molecule has 0 saturated carbocycles. The van der Waals surface area contributed by atoms with Gasteiger partial charge in [0.05, 0.1) is 18.4 Å². The molecule has 140 valence electrons. The molecule has 0 atom stereocenters. The van der Waals surface area contributed by atoms with E-state index in [9.17, 15) is 4.79 Å². The highest BCUT2D eigenvalue weighted by atomic mass is 16.5. The fourth-order valence-electron chi connectivity index (χ4n) is 2.95. The Morgan fingerprint density at radius 3 is 2.41 bits per heavy atom. The van der Waals surface area contributed by atoms with Crippen molar-refractivity contribution in [2.24, 2.45) is 0 Å². The van der Waals surface area contributed by atoms with Gasteiger partial charge in [0.2, 0.25) is 5.89 Å². The van der Waals surface area contributed by atoms with Crippen LogP contribution in [0.15, 0.2) is 59.1 Å². The Hall–Kier alpha value is -3.08. The van der Waals surface area contributed by atoms with Crippen molar-refractivity contribution in [3.8, 4) is 28.5 Å². The number of oxazole rings is 1. The Labute approximate surface area is 159 Å². The van der Waals surface area contributed by atoms with Crippen LogP contribution in [0.1, 0.15) is 31.1 Å². The van der Waals surface area contributed by atoms with E-state index in [2.05, 4.69) is 4.98 Å². The topological polar surface area (TPSA) is 55.6 Å². The molecule has 27 heavy (non-hydrogen) atoms. The molecular formula is C22H24N2O3. The summed E-state index contributed by atoms with van der Waals surface area (Å²) >= 11 is 0. The highest BCUT2D eigenvalue weighted by Gasteiger charge is 2.20. The molecule has 1 aromatic heterocycles. The number of rotatable bonds is 7. The van der Waals surface area contributed by atoms with Crippen LogP contribution in [0.5, 0.6) is 5.75 Å². The molecule has 2 aromatic carbocycles. The molecule has 0 aliphatic rings. The van der Waals surface area contributed by atoms with Crippen LogP contribution in [0.3, 0.4) is 0 Å². The van der Waals surface area contributed by atoms with Gasteiger partial charge in [-0.3, -0.25) is 4.79 Å². The fraction of sp³-hybridized carbons (Fsp3) is 0.273. The summed E-state index contributed by atoms with van der Waals surface area (Å²) in [6.45, 7) is 7.84. The highest BCUT2D eigenvalue weighted by Crippen LogP contribution is 2.29. The van der Waals surface area contributed by atoms with Gasteiger partial charge in [-0.1, -0.05) is 12.1 Å². The maximum atomic E-state index is 12.8. The van der Waals surface area contributed by atoms with Gasteiger partial charge in [0.15, 0.2) is 5.76 Å². The Morgan fingerprint density at radius 2 is 1.74 bits per heavy atom. The van der Waals surface area contributed by atoms with Crippen molar-refractivity contribution in [3.63, 3.8) is 0 Å². The van der Waals surface area contributed by atoms with Crippen LogP contribution >= 0.6 is 0 Å². The standard InChI is InChI=1S/C22H24N2O3/c1-4-24(5-2)22(25)19-10-8-7-9-18(19)21-23-15-20(27-21)16-11-13-17(14-12-16)26-6-3/h7-15H,4-6H2,1-3H3. The Kier molecular flexibility index (Phi) is 5.91. The number of carbonyl (C=O) groups excluding carboxylic acids is 1. The van der Waals surface area contributed by atoms with E-state index in [-0.39, 0.29) is 5.91 Å². The second-order valence-electron chi connectivity index (χ2n) is 6.01. The van der Waals surface area contributed by atoms with Gasteiger partial charge in [0, 0.05) is 24.2 Å². The zero-order chi connectivity index (χ0) is 19.2. The molecule has 3 aromatic rings. The number of aromatic nitrogens is 1. The van der Waals surface area contributed by atoms with Crippen LogP contribution < -0.4 is 4.74 Å². The lowest BCUT2D eigenvalue weighted by molar-refractivity contribution is 0.0773. The van der Waals surface area contributed by atoms with Crippen LogP contribution in [-0.2, 0) is 0 Å². The summed E-state index contributed by atoms with van der Waals surface area (Å²) in [7, 11) is 0. The minimum absolute atomic E-state index is 0.0172. The summed E-state index contributed by atoms with van der Waals surface area (Å²) in [6.07, 6.45) is 1.68. The van der Waals surface area contributed by atoms with E-state index in [4.69, 9.17) is 9.15 Å². The predicted molar refractivity (Wildman–Crippen MR) is 106 cm³/mol. The Bertz CT molecular complexity index is 896. The molecule has 0 fully saturated rings. The maximum Gasteiger partial charge on any atom is 0.254 e. The minimum Gasteiger partial charge on any atom is -0.494 e. The van der Waals surface area contributed by atoms with E-state index < -0.39 is 0 Å². The smallest absolute Gasteiger partial charge is 0.254 e. The molecular weight excluding hydrogens is 340 g/mol. The summed E-state index contributed by atoms with van der Waals surface area (Å²) in [4.78, 5) is 19.0. The second kappa shape index (κ2) is 8.54. The number of ether oxygens (including phenoxy) is 1. The van der Waals surface area contributed by atoms with Crippen LogP contribution in [0.2, 0.25) is 0 Å². The van der Waals surface area contributed by atoms with Crippen LogP contribution in [-0.4, -0.2) is 35.5 Å². The first-order valence-electron chi connectivity index (χ1n) is 9.25. The van der Waals surface area contributed by atoms with E-state index in [1.807, 2.05) is 69.3 Å². The summed E-state index contributed by atoms with van der Waals surface area (Å²) in [5.74, 6) is 1.89. The predicted octanol–water partition coefficient (Wildman–Crippen LogP) is 4.89. The van der Waals surface area contributed by atoms with Crippen LogP contribution in [0.4, 0.5) is 0 Å². The number of benzene rings is 2. The molecule has 0 aliphatic heterocycles. The summed E-state index contributed by atoms with van der Waals surface area (Å²) < 4.78 is 11.4. The molecule has 1 amide bonds. The van der Waals surface area contributed by atoms with E-state index in [0.29, 0.717) is 42.5 Å². The Morgan fingerprint density at radius 1 is 1.04 bits per heavy atom. The Balaban J connectivity index is 1.92. The van der Waals surface area contributed by atoms with Crippen molar-refractivity contribution in [1.29, 1.82) is 0 Å². The van der Waals surface area contributed by atoms with Gasteiger partial charge in [-0.05, 0) is 57.2 Å². The van der Waals surface area contributed by atoms with Gasteiger partial charge < -0.3 is 14.1 Å². The van der Waals surface area contributed by atoms with E-state index >= 15 is 0 Å². The molecule has 0 aliphatic carbocycles. The lowest BCUT2D eigenvalue weighted by Gasteiger charge is -2.19. The monoisotopic (exact) mass is 364 g/mol. The molecule has 0 saturated heterocycles. The molecule has 0 N–H and O–H groups in total. The van der Waals surface area contributed by atoms with Gasteiger partial charge in [0.25, 0.3) is 5.91 Å². The van der Waals surface area contributed by atoms with Gasteiger partial charge in [-0.2, -0.15) is 0 Å². The zero-order valence-corrected chi connectivity index (χ0v) is 15.9. The second-order valence-corrected chi connectivity index (χ2v) is 6.01. The van der Waals surface area contributed by atoms with Gasteiger partial charge in [-0.25, -0.2) is 4.98 Å². The number of carbonyl (C=O) groups is 1. The van der Waals surface area contributed by atoms with Crippen molar-refractivity contribution in [2.75, 3.05) is 19.7 Å². The first kappa shape index (κ1) is 18.7. The van der Waals surface area contributed by atoms with Crippen molar-refractivity contribution in [2.45, 2.75) is 20.8 Å². The van der Waals surface area contributed by atoms with Crippen molar-refractivity contribution < 1.29 is 13.9 Å². The van der Waals surface area contributed by atoms with Gasteiger partial charge >= 0.3 is 0 Å². The molecule has 5 nitrogen and oxygen atoms in total. The number of hydrogen-bond acceptors (Lipinski definition) is 4. The average molecular weight is 364 g/mol. The van der Waals surface area contributed by atoms with E-state index in [1.54, 1.807) is 11.1 Å². The van der Waals surface area contributed by atoms with Gasteiger partial charge in [-0.15, -0.1) is 0 Å². The van der Waals surface area contributed by atoms with Crippen LogP contribution in [0, 0.1) is 0 Å². The first-order valence-corrected chi connectivity index (χ1v) is 9.25. The molecule has 1 heterocycles. The quantitative estimate of drug-likeness (QED) is 0.599. The normalized spacial score (nSPS) is 10.6. The summed E-state index contributed by atoms with van der Waals surface area (Å²) in [5.41, 5.74) is 2.21. The lowest BCUT2D eigenvalue weighted by atomic mass is 10.1. The summed E-state index contributed by atoms with van der Waals surface area (Å²) in [5, 5.41) is 0. The SMILES string of the molecule is CCOc1ccc(-c2cnc(-c3ccccc3C(=O)N(CC)CC)o2)cc1. The molecule has 5 heteroatoms. The molecule has 0 bridgehead atoms.